The largest absolute Gasteiger partial charge is 0.467 e. The van der Waals surface area contributed by atoms with Crippen LogP contribution in [0.15, 0.2) is 30.9 Å². The maximum absolute atomic E-state index is 11.9. The van der Waals surface area contributed by atoms with Crippen LogP contribution in [-0.2, 0) is 16.0 Å². The smallest absolute Gasteiger partial charge is 0.328 e. The SMILES string of the molecule is COC(=O)[C@H](Cc1cnc[nH]1)NC(=O)c1ccc[nH]1. The number of hydrogen-bond donors (Lipinski definition) is 3. The van der Waals surface area contributed by atoms with Crippen molar-refractivity contribution in [3.63, 3.8) is 0 Å². The normalized spacial score (nSPS) is 11.8. The average molecular weight is 262 g/mol. The van der Waals surface area contributed by atoms with E-state index >= 15 is 0 Å². The van der Waals surface area contributed by atoms with E-state index in [1.807, 2.05) is 0 Å². The predicted molar refractivity (Wildman–Crippen MR) is 66.4 cm³/mol. The molecule has 0 unspecified atom stereocenters. The highest BCUT2D eigenvalue weighted by Crippen LogP contribution is 2.02. The van der Waals surface area contributed by atoms with Crippen molar-refractivity contribution in [2.24, 2.45) is 0 Å². The lowest BCUT2D eigenvalue weighted by Crippen LogP contribution is -2.43. The van der Waals surface area contributed by atoms with Crippen LogP contribution in [0.3, 0.4) is 0 Å². The molecule has 2 aromatic heterocycles. The molecular weight excluding hydrogens is 248 g/mol. The molecule has 19 heavy (non-hydrogen) atoms. The number of esters is 1. The van der Waals surface area contributed by atoms with Crippen molar-refractivity contribution in [3.8, 4) is 0 Å². The average Bonchev–Trinajstić information content (AvgIpc) is 3.09. The Morgan fingerprint density at radius 3 is 2.89 bits per heavy atom. The number of ether oxygens (including phenoxy) is 1. The summed E-state index contributed by atoms with van der Waals surface area (Å²) >= 11 is 0. The first-order chi connectivity index (χ1) is 9.20. The van der Waals surface area contributed by atoms with Gasteiger partial charge in [-0.25, -0.2) is 9.78 Å². The van der Waals surface area contributed by atoms with Crippen molar-refractivity contribution in [2.45, 2.75) is 12.5 Å². The maximum atomic E-state index is 11.9. The number of rotatable bonds is 5. The maximum Gasteiger partial charge on any atom is 0.328 e. The Labute approximate surface area is 109 Å². The molecule has 0 aromatic carbocycles. The quantitative estimate of drug-likeness (QED) is 0.672. The molecule has 0 saturated carbocycles. The van der Waals surface area contributed by atoms with Gasteiger partial charge >= 0.3 is 5.97 Å². The minimum Gasteiger partial charge on any atom is -0.467 e. The van der Waals surface area contributed by atoms with Crippen molar-refractivity contribution in [1.29, 1.82) is 0 Å². The molecule has 2 rings (SSSR count). The van der Waals surface area contributed by atoms with Crippen molar-refractivity contribution in [3.05, 3.63) is 42.2 Å². The fraction of sp³-hybridized carbons (Fsp3) is 0.250. The molecule has 0 radical (unpaired) electrons. The molecule has 0 spiro atoms. The van der Waals surface area contributed by atoms with Crippen molar-refractivity contribution < 1.29 is 14.3 Å². The van der Waals surface area contributed by atoms with Crippen LogP contribution in [0.2, 0.25) is 0 Å². The molecule has 1 atom stereocenters. The molecule has 0 aliphatic carbocycles. The van der Waals surface area contributed by atoms with Gasteiger partial charge in [0.25, 0.3) is 5.91 Å². The lowest BCUT2D eigenvalue weighted by atomic mass is 10.1. The van der Waals surface area contributed by atoms with E-state index in [0.29, 0.717) is 12.1 Å². The van der Waals surface area contributed by atoms with Crippen LogP contribution in [0.5, 0.6) is 0 Å². The Morgan fingerprint density at radius 1 is 1.47 bits per heavy atom. The van der Waals surface area contributed by atoms with Gasteiger partial charge in [0.05, 0.1) is 13.4 Å². The van der Waals surface area contributed by atoms with E-state index in [2.05, 4.69) is 25.0 Å². The van der Waals surface area contributed by atoms with Crippen LogP contribution in [0.25, 0.3) is 0 Å². The second-order valence-corrected chi connectivity index (χ2v) is 3.91. The number of imidazole rings is 1. The molecule has 1 amide bonds. The van der Waals surface area contributed by atoms with Gasteiger partial charge in [0, 0.05) is 24.5 Å². The number of hydrogen-bond acceptors (Lipinski definition) is 4. The van der Waals surface area contributed by atoms with Crippen molar-refractivity contribution in [1.82, 2.24) is 20.3 Å². The Balaban J connectivity index is 2.06. The summed E-state index contributed by atoms with van der Waals surface area (Å²) in [5.41, 5.74) is 1.13. The Morgan fingerprint density at radius 2 is 2.32 bits per heavy atom. The summed E-state index contributed by atoms with van der Waals surface area (Å²) in [5, 5.41) is 2.62. The Bertz CT molecular complexity index is 533. The molecule has 0 bridgehead atoms. The number of carbonyl (C=O) groups is 2. The van der Waals surface area contributed by atoms with Gasteiger partial charge in [0.1, 0.15) is 11.7 Å². The third kappa shape index (κ3) is 3.21. The zero-order valence-corrected chi connectivity index (χ0v) is 10.3. The van der Waals surface area contributed by atoms with Crippen molar-refractivity contribution in [2.75, 3.05) is 7.11 Å². The molecule has 0 fully saturated rings. The van der Waals surface area contributed by atoms with E-state index in [-0.39, 0.29) is 5.91 Å². The highest BCUT2D eigenvalue weighted by molar-refractivity contribution is 5.95. The fourth-order valence-corrected chi connectivity index (χ4v) is 1.66. The summed E-state index contributed by atoms with van der Waals surface area (Å²) < 4.78 is 4.68. The first-order valence-electron chi connectivity index (χ1n) is 5.70. The summed E-state index contributed by atoms with van der Waals surface area (Å²) in [5.74, 6) is -0.866. The molecule has 100 valence electrons. The highest BCUT2D eigenvalue weighted by atomic mass is 16.5. The molecule has 3 N–H and O–H groups in total. The van der Waals surface area contributed by atoms with Crippen LogP contribution in [0.1, 0.15) is 16.2 Å². The van der Waals surface area contributed by atoms with Crippen LogP contribution in [-0.4, -0.2) is 40.0 Å². The number of aromatic nitrogens is 3. The minimum atomic E-state index is -0.763. The van der Waals surface area contributed by atoms with Crippen molar-refractivity contribution >= 4 is 11.9 Å². The monoisotopic (exact) mass is 262 g/mol. The van der Waals surface area contributed by atoms with Gasteiger partial charge in [-0.1, -0.05) is 0 Å². The molecule has 7 heteroatoms. The topological polar surface area (TPSA) is 99.9 Å². The lowest BCUT2D eigenvalue weighted by Gasteiger charge is -2.15. The first kappa shape index (κ1) is 12.9. The van der Waals surface area contributed by atoms with Gasteiger partial charge in [-0.15, -0.1) is 0 Å². The third-order valence-electron chi connectivity index (χ3n) is 2.61. The van der Waals surface area contributed by atoms with Gasteiger partial charge in [-0.2, -0.15) is 0 Å². The number of carbonyl (C=O) groups excluding carboxylic acids is 2. The molecular formula is C12H14N4O3. The van der Waals surface area contributed by atoms with Crippen LogP contribution in [0, 0.1) is 0 Å². The van der Waals surface area contributed by atoms with Gasteiger partial charge in [-0.05, 0) is 12.1 Å². The molecule has 0 aliphatic heterocycles. The predicted octanol–water partition coefficient (Wildman–Crippen LogP) is 0.252. The van der Waals surface area contributed by atoms with Crippen LogP contribution >= 0.6 is 0 Å². The standard InChI is InChI=1S/C12H14N4O3/c1-19-12(18)10(5-8-6-13-7-15-8)16-11(17)9-3-2-4-14-9/h2-4,6-7,10,14H,5H2,1H3,(H,13,15)(H,16,17)/t10-/m0/s1. The number of nitrogens with one attached hydrogen (secondary N) is 3. The summed E-state index contributed by atoms with van der Waals surface area (Å²) in [6, 6.07) is 2.57. The zero-order valence-electron chi connectivity index (χ0n) is 10.3. The second kappa shape index (κ2) is 5.85. The summed E-state index contributed by atoms with van der Waals surface area (Å²) in [4.78, 5) is 33.1. The van der Waals surface area contributed by atoms with E-state index < -0.39 is 12.0 Å². The number of nitrogens with zero attached hydrogens (tertiary/aromatic N) is 1. The number of aromatic amines is 2. The van der Waals surface area contributed by atoms with Gasteiger partial charge in [0.2, 0.25) is 0 Å². The van der Waals surface area contributed by atoms with Gasteiger partial charge in [-0.3, -0.25) is 4.79 Å². The number of amides is 1. The zero-order chi connectivity index (χ0) is 13.7. The van der Waals surface area contributed by atoms with Crippen LogP contribution in [0.4, 0.5) is 0 Å². The Kier molecular flexibility index (Phi) is 3.97. The molecule has 2 aromatic rings. The van der Waals surface area contributed by atoms with Gasteiger partial charge < -0.3 is 20.0 Å². The summed E-state index contributed by atoms with van der Waals surface area (Å²) in [7, 11) is 1.28. The summed E-state index contributed by atoms with van der Waals surface area (Å²) in [6.45, 7) is 0. The first-order valence-corrected chi connectivity index (χ1v) is 5.70. The van der Waals surface area contributed by atoms with E-state index in [1.165, 1.54) is 13.4 Å². The summed E-state index contributed by atoms with van der Waals surface area (Å²) in [6.07, 6.45) is 5.03. The van der Waals surface area contributed by atoms with E-state index in [4.69, 9.17) is 0 Å². The van der Waals surface area contributed by atoms with E-state index in [0.717, 1.165) is 5.69 Å². The number of methoxy groups -OCH3 is 1. The third-order valence-corrected chi connectivity index (χ3v) is 2.61. The van der Waals surface area contributed by atoms with Gasteiger partial charge in [0.15, 0.2) is 0 Å². The number of H-pyrrole nitrogens is 2. The van der Waals surface area contributed by atoms with E-state index in [1.54, 1.807) is 24.5 Å². The molecule has 0 saturated heterocycles. The minimum absolute atomic E-state index is 0.291. The van der Waals surface area contributed by atoms with Crippen LogP contribution < -0.4 is 5.32 Å². The highest BCUT2D eigenvalue weighted by Gasteiger charge is 2.23. The fourth-order valence-electron chi connectivity index (χ4n) is 1.66. The Hall–Kier alpha value is -2.57. The second-order valence-electron chi connectivity index (χ2n) is 3.91. The van der Waals surface area contributed by atoms with E-state index in [9.17, 15) is 9.59 Å². The lowest BCUT2D eigenvalue weighted by molar-refractivity contribution is -0.142. The molecule has 0 aliphatic rings. The molecule has 2 heterocycles. The molecule has 7 nitrogen and oxygen atoms in total.